The van der Waals surface area contributed by atoms with Crippen LogP contribution in [-0.4, -0.2) is 30.1 Å². The number of carboxylic acid groups (broad SMARTS) is 1. The molecule has 0 aromatic rings. The van der Waals surface area contributed by atoms with E-state index in [2.05, 4.69) is 15.3 Å². The summed E-state index contributed by atoms with van der Waals surface area (Å²) in [5.74, 6) is -1.11. The minimum atomic E-state index is -0.881. The molecule has 0 saturated heterocycles. The van der Waals surface area contributed by atoms with Crippen molar-refractivity contribution in [2.75, 3.05) is 13.1 Å². The van der Waals surface area contributed by atoms with Gasteiger partial charge >= 0.3 is 5.97 Å². The molecule has 0 aliphatic heterocycles. The molecule has 0 aliphatic carbocycles. The standard InChI is InChI=1S/C7H12N4O3/c8-11-10-5-3-6(12)9-4-1-2-7(13)14/h1-5H2,(H,9,12)(H,13,14). The number of hydrogen-bond acceptors (Lipinski definition) is 3. The number of amides is 1. The van der Waals surface area contributed by atoms with Crippen LogP contribution in [0, 0.1) is 0 Å². The van der Waals surface area contributed by atoms with Gasteiger partial charge in [0.25, 0.3) is 0 Å². The minimum Gasteiger partial charge on any atom is -0.481 e. The molecule has 0 aromatic carbocycles. The summed E-state index contributed by atoms with van der Waals surface area (Å²) in [5.41, 5.74) is 7.92. The van der Waals surface area contributed by atoms with Gasteiger partial charge < -0.3 is 10.4 Å². The zero-order chi connectivity index (χ0) is 10.8. The smallest absolute Gasteiger partial charge is 0.303 e. The molecule has 0 spiro atoms. The van der Waals surface area contributed by atoms with Gasteiger partial charge in [-0.05, 0) is 12.0 Å². The van der Waals surface area contributed by atoms with Crippen LogP contribution < -0.4 is 5.32 Å². The highest BCUT2D eigenvalue weighted by Gasteiger charge is 2.00. The summed E-state index contributed by atoms with van der Waals surface area (Å²) in [6.45, 7) is 0.461. The number of carbonyl (C=O) groups is 2. The van der Waals surface area contributed by atoms with Crippen LogP contribution in [0.4, 0.5) is 0 Å². The predicted octanol–water partition coefficient (Wildman–Crippen LogP) is 0.668. The predicted molar refractivity (Wildman–Crippen MR) is 48.5 cm³/mol. The molecule has 0 fully saturated rings. The maximum Gasteiger partial charge on any atom is 0.303 e. The maximum atomic E-state index is 10.9. The second-order valence-corrected chi connectivity index (χ2v) is 2.55. The largest absolute Gasteiger partial charge is 0.481 e. The average molecular weight is 200 g/mol. The Morgan fingerprint density at radius 1 is 1.43 bits per heavy atom. The molecule has 0 heterocycles. The molecule has 0 unspecified atom stereocenters. The van der Waals surface area contributed by atoms with Gasteiger partial charge in [0.15, 0.2) is 0 Å². The summed E-state index contributed by atoms with van der Waals surface area (Å²) >= 11 is 0. The van der Waals surface area contributed by atoms with Gasteiger partial charge in [-0.3, -0.25) is 9.59 Å². The molecule has 2 N–H and O–H groups in total. The number of nitrogens with zero attached hydrogens (tertiary/aromatic N) is 3. The van der Waals surface area contributed by atoms with Crippen molar-refractivity contribution >= 4 is 11.9 Å². The van der Waals surface area contributed by atoms with Gasteiger partial charge in [-0.1, -0.05) is 5.11 Å². The molecule has 0 aromatic heterocycles. The van der Waals surface area contributed by atoms with Gasteiger partial charge in [0.05, 0.1) is 0 Å². The Morgan fingerprint density at radius 2 is 2.14 bits per heavy atom. The number of nitrogens with one attached hydrogen (secondary N) is 1. The van der Waals surface area contributed by atoms with Crippen molar-refractivity contribution in [3.63, 3.8) is 0 Å². The number of rotatable bonds is 7. The lowest BCUT2D eigenvalue weighted by molar-refractivity contribution is -0.137. The van der Waals surface area contributed by atoms with Crippen LogP contribution in [0.3, 0.4) is 0 Å². The van der Waals surface area contributed by atoms with Crippen LogP contribution in [-0.2, 0) is 9.59 Å². The lowest BCUT2D eigenvalue weighted by atomic mass is 10.3. The fourth-order valence-corrected chi connectivity index (χ4v) is 0.752. The van der Waals surface area contributed by atoms with E-state index in [0.717, 1.165) is 0 Å². The van der Waals surface area contributed by atoms with Crippen LogP contribution in [0.1, 0.15) is 19.3 Å². The Morgan fingerprint density at radius 3 is 2.71 bits per heavy atom. The Labute approximate surface area is 80.7 Å². The normalized spacial score (nSPS) is 8.86. The highest BCUT2D eigenvalue weighted by Crippen LogP contribution is 1.87. The Bertz CT molecular complexity index is 247. The van der Waals surface area contributed by atoms with E-state index >= 15 is 0 Å². The first-order chi connectivity index (χ1) is 6.66. The topological polar surface area (TPSA) is 115 Å². The van der Waals surface area contributed by atoms with Crippen LogP contribution >= 0.6 is 0 Å². The minimum absolute atomic E-state index is 0.0383. The van der Waals surface area contributed by atoms with E-state index in [-0.39, 0.29) is 25.3 Å². The molecule has 7 nitrogen and oxygen atoms in total. The summed E-state index contributed by atoms with van der Waals surface area (Å²) in [6.07, 6.45) is 0.580. The third-order valence-electron chi connectivity index (χ3n) is 1.39. The van der Waals surface area contributed by atoms with E-state index < -0.39 is 5.97 Å². The third-order valence-corrected chi connectivity index (χ3v) is 1.39. The number of carboxylic acids is 1. The zero-order valence-electron chi connectivity index (χ0n) is 7.64. The maximum absolute atomic E-state index is 10.9. The zero-order valence-corrected chi connectivity index (χ0v) is 7.64. The lowest BCUT2D eigenvalue weighted by Crippen LogP contribution is -2.25. The van der Waals surface area contributed by atoms with E-state index in [1.54, 1.807) is 0 Å². The van der Waals surface area contributed by atoms with Crippen molar-refractivity contribution in [3.8, 4) is 0 Å². The molecular formula is C7H12N4O3. The van der Waals surface area contributed by atoms with Crippen LogP contribution in [0.25, 0.3) is 10.4 Å². The summed E-state index contributed by atoms with van der Waals surface area (Å²) in [7, 11) is 0. The fraction of sp³-hybridized carbons (Fsp3) is 0.714. The molecular weight excluding hydrogens is 188 g/mol. The van der Waals surface area contributed by atoms with E-state index in [1.165, 1.54) is 0 Å². The van der Waals surface area contributed by atoms with Crippen molar-refractivity contribution < 1.29 is 14.7 Å². The second-order valence-electron chi connectivity index (χ2n) is 2.55. The molecule has 1 amide bonds. The lowest BCUT2D eigenvalue weighted by Gasteiger charge is -2.01. The molecule has 14 heavy (non-hydrogen) atoms. The Hall–Kier alpha value is -1.75. The van der Waals surface area contributed by atoms with Gasteiger partial charge in [-0.15, -0.1) is 0 Å². The number of carbonyl (C=O) groups excluding carboxylic acids is 1. The molecule has 0 bridgehead atoms. The van der Waals surface area contributed by atoms with Crippen LogP contribution in [0.2, 0.25) is 0 Å². The highest BCUT2D eigenvalue weighted by molar-refractivity contribution is 5.76. The monoisotopic (exact) mass is 200 g/mol. The Kier molecular flexibility index (Phi) is 6.89. The summed E-state index contributed by atoms with van der Waals surface area (Å²) in [5, 5.41) is 14.0. The molecule has 0 saturated carbocycles. The van der Waals surface area contributed by atoms with Gasteiger partial charge in [0.2, 0.25) is 5.91 Å². The fourth-order valence-electron chi connectivity index (χ4n) is 0.752. The van der Waals surface area contributed by atoms with Gasteiger partial charge in [-0.25, -0.2) is 0 Å². The van der Waals surface area contributed by atoms with E-state index in [9.17, 15) is 9.59 Å². The van der Waals surface area contributed by atoms with Crippen LogP contribution in [0.15, 0.2) is 5.11 Å². The number of azide groups is 1. The Balaban J connectivity index is 3.35. The van der Waals surface area contributed by atoms with Gasteiger partial charge in [-0.2, -0.15) is 0 Å². The van der Waals surface area contributed by atoms with Crippen LogP contribution in [0.5, 0.6) is 0 Å². The van der Waals surface area contributed by atoms with E-state index in [1.807, 2.05) is 0 Å². The van der Waals surface area contributed by atoms with Gasteiger partial charge in [0, 0.05) is 30.8 Å². The quantitative estimate of drug-likeness (QED) is 0.272. The summed E-state index contributed by atoms with van der Waals surface area (Å²) in [4.78, 5) is 23.5. The van der Waals surface area contributed by atoms with E-state index in [0.29, 0.717) is 13.0 Å². The molecule has 0 atom stereocenters. The number of hydrogen-bond donors (Lipinski definition) is 2. The molecule has 0 radical (unpaired) electrons. The number of aliphatic carboxylic acids is 1. The van der Waals surface area contributed by atoms with Crippen molar-refractivity contribution in [3.05, 3.63) is 10.4 Å². The second kappa shape index (κ2) is 7.88. The average Bonchev–Trinajstić information content (AvgIpc) is 2.13. The van der Waals surface area contributed by atoms with E-state index in [4.69, 9.17) is 10.6 Å². The molecule has 78 valence electrons. The van der Waals surface area contributed by atoms with Crippen molar-refractivity contribution in [2.45, 2.75) is 19.3 Å². The molecule has 0 rings (SSSR count). The SMILES string of the molecule is [N-]=[N+]=NCCC(=O)NCCCC(=O)O. The first kappa shape index (κ1) is 12.2. The first-order valence-electron chi connectivity index (χ1n) is 4.16. The van der Waals surface area contributed by atoms with Gasteiger partial charge in [0.1, 0.15) is 0 Å². The highest BCUT2D eigenvalue weighted by atomic mass is 16.4. The molecule has 0 aliphatic rings. The molecule has 7 heteroatoms. The first-order valence-corrected chi connectivity index (χ1v) is 4.16. The third kappa shape index (κ3) is 8.35. The summed E-state index contributed by atoms with van der Waals surface area (Å²) in [6, 6.07) is 0. The van der Waals surface area contributed by atoms with Crippen molar-refractivity contribution in [1.82, 2.24) is 5.32 Å². The van der Waals surface area contributed by atoms with Crippen molar-refractivity contribution in [2.24, 2.45) is 5.11 Å². The van der Waals surface area contributed by atoms with Crippen molar-refractivity contribution in [1.29, 1.82) is 0 Å². The summed E-state index contributed by atoms with van der Waals surface area (Å²) < 4.78 is 0.